The number of rotatable bonds is 8. The maximum atomic E-state index is 14.1. The van der Waals surface area contributed by atoms with E-state index in [4.69, 9.17) is 17.0 Å². The molecule has 0 radical (unpaired) electrons. The third kappa shape index (κ3) is 4.71. The Morgan fingerprint density at radius 1 is 1.33 bits per heavy atom. The molecule has 146 valence electrons. The lowest BCUT2D eigenvalue weighted by Crippen LogP contribution is -2.44. The Morgan fingerprint density at radius 2 is 1.89 bits per heavy atom. The number of benzene rings is 1. The van der Waals surface area contributed by atoms with Gasteiger partial charge in [-0.1, -0.05) is 30.3 Å². The summed E-state index contributed by atoms with van der Waals surface area (Å²) in [6, 6.07) is 6.05. The number of carbonyl (C=O) groups excluding carboxylic acids is 1. The fraction of sp³-hybridized carbons (Fsp3) is 0.368. The Kier molecular flexibility index (Phi) is 6.70. The summed E-state index contributed by atoms with van der Waals surface area (Å²) in [5, 5.41) is 10.1. The lowest BCUT2D eigenvalue weighted by molar-refractivity contribution is -0.128. The van der Waals surface area contributed by atoms with Crippen LogP contribution in [0.1, 0.15) is 25.3 Å². The van der Waals surface area contributed by atoms with Crippen LogP contribution >= 0.6 is 11.6 Å². The molecule has 1 aromatic carbocycles. The van der Waals surface area contributed by atoms with Gasteiger partial charge in [-0.15, -0.1) is 0 Å². The van der Waals surface area contributed by atoms with E-state index in [1.165, 1.54) is 11.9 Å². The molecule has 8 heteroatoms. The van der Waals surface area contributed by atoms with Crippen molar-refractivity contribution in [2.75, 3.05) is 7.05 Å². The standard InChI is InChI=1S/C19H21ClF3N3O/c1-10(12-4-6-13(20)7-5-12)11(2)26(14-8-9-14)19(27)15(18(23)25-3)16(24)17(21)22/h4-7,11,14,17,24-25H,1,8-9H2,2-3H3/b18-15+,24-16?. The number of nitrogens with one attached hydrogen (secondary N) is 2. The van der Waals surface area contributed by atoms with Gasteiger partial charge >= 0.3 is 0 Å². The Bertz CT molecular complexity index is 773. The summed E-state index contributed by atoms with van der Waals surface area (Å²) in [5.41, 5.74) is -0.995. The highest BCUT2D eigenvalue weighted by Crippen LogP contribution is 2.34. The van der Waals surface area contributed by atoms with Crippen molar-refractivity contribution >= 4 is 28.8 Å². The molecule has 1 unspecified atom stereocenters. The van der Waals surface area contributed by atoms with Gasteiger partial charge in [0.15, 0.2) is 0 Å². The number of alkyl halides is 2. The highest BCUT2D eigenvalue weighted by Gasteiger charge is 2.41. The molecule has 0 bridgehead atoms. The summed E-state index contributed by atoms with van der Waals surface area (Å²) in [6.07, 6.45) is -1.90. The first-order valence-electron chi connectivity index (χ1n) is 8.40. The van der Waals surface area contributed by atoms with Crippen molar-refractivity contribution in [2.24, 2.45) is 0 Å². The Morgan fingerprint density at radius 3 is 2.33 bits per heavy atom. The minimum absolute atomic E-state index is 0.207. The van der Waals surface area contributed by atoms with Crippen LogP contribution in [0.2, 0.25) is 5.02 Å². The minimum atomic E-state index is -3.26. The summed E-state index contributed by atoms with van der Waals surface area (Å²) in [6.45, 7) is 5.71. The van der Waals surface area contributed by atoms with Crippen LogP contribution in [0.25, 0.3) is 5.57 Å². The Balaban J connectivity index is 2.37. The van der Waals surface area contributed by atoms with Gasteiger partial charge in [-0.05, 0) is 43.0 Å². The van der Waals surface area contributed by atoms with Crippen LogP contribution in [-0.4, -0.2) is 42.1 Å². The first-order chi connectivity index (χ1) is 12.7. The second-order valence-corrected chi connectivity index (χ2v) is 6.74. The molecule has 4 nitrogen and oxygen atoms in total. The van der Waals surface area contributed by atoms with Crippen LogP contribution in [0.4, 0.5) is 13.2 Å². The van der Waals surface area contributed by atoms with Crippen molar-refractivity contribution in [1.29, 1.82) is 5.41 Å². The fourth-order valence-corrected chi connectivity index (χ4v) is 2.90. The van der Waals surface area contributed by atoms with Gasteiger partial charge in [0.05, 0.1) is 6.04 Å². The number of hydrogen-bond acceptors (Lipinski definition) is 3. The normalized spacial score (nSPS) is 15.8. The van der Waals surface area contributed by atoms with E-state index in [1.807, 2.05) is 0 Å². The summed E-state index contributed by atoms with van der Waals surface area (Å²) in [4.78, 5) is 14.3. The summed E-state index contributed by atoms with van der Waals surface area (Å²) < 4.78 is 40.2. The minimum Gasteiger partial charge on any atom is -0.364 e. The molecule has 2 N–H and O–H groups in total. The van der Waals surface area contributed by atoms with Crippen LogP contribution in [0.15, 0.2) is 42.4 Å². The zero-order valence-corrected chi connectivity index (χ0v) is 15.8. The van der Waals surface area contributed by atoms with Gasteiger partial charge in [-0.2, -0.15) is 4.39 Å². The summed E-state index contributed by atoms with van der Waals surface area (Å²) >= 11 is 5.88. The highest BCUT2D eigenvalue weighted by molar-refractivity contribution is 6.30. The number of carbonyl (C=O) groups is 1. The summed E-state index contributed by atoms with van der Waals surface area (Å²) in [5.74, 6) is -2.20. The number of amides is 1. The molecule has 1 fully saturated rings. The van der Waals surface area contributed by atoms with Gasteiger partial charge in [0.1, 0.15) is 11.3 Å². The van der Waals surface area contributed by atoms with Gasteiger partial charge in [-0.25, -0.2) is 8.78 Å². The van der Waals surface area contributed by atoms with E-state index in [1.54, 1.807) is 31.2 Å². The van der Waals surface area contributed by atoms with Crippen LogP contribution in [0.3, 0.4) is 0 Å². The zero-order valence-electron chi connectivity index (χ0n) is 15.0. The Hall–Kier alpha value is -2.28. The molecule has 27 heavy (non-hydrogen) atoms. The molecule has 0 aromatic heterocycles. The maximum Gasteiger partial charge on any atom is 0.280 e. The predicted molar refractivity (Wildman–Crippen MR) is 101 cm³/mol. The molecular weight excluding hydrogens is 379 g/mol. The molecule has 0 heterocycles. The van der Waals surface area contributed by atoms with Gasteiger partial charge in [0, 0.05) is 18.1 Å². The van der Waals surface area contributed by atoms with E-state index in [9.17, 15) is 18.0 Å². The molecular formula is C19H21ClF3N3O. The smallest absolute Gasteiger partial charge is 0.280 e. The molecule has 1 saturated carbocycles. The second-order valence-electron chi connectivity index (χ2n) is 6.31. The SMILES string of the molecule is C=C(c1ccc(Cl)cc1)C(C)N(C(=O)/C(C(=N)C(F)F)=C(\F)NC)C1CC1. The van der Waals surface area contributed by atoms with E-state index >= 15 is 0 Å². The highest BCUT2D eigenvalue weighted by atomic mass is 35.5. The average Bonchev–Trinajstić information content (AvgIpc) is 3.46. The van der Waals surface area contributed by atoms with Crippen molar-refractivity contribution in [3.8, 4) is 0 Å². The zero-order chi connectivity index (χ0) is 20.3. The quantitative estimate of drug-likeness (QED) is 0.386. The lowest BCUT2D eigenvalue weighted by atomic mass is 9.98. The monoisotopic (exact) mass is 399 g/mol. The third-order valence-corrected chi connectivity index (χ3v) is 4.70. The lowest BCUT2D eigenvalue weighted by Gasteiger charge is -2.32. The topological polar surface area (TPSA) is 56.2 Å². The van der Waals surface area contributed by atoms with Gasteiger partial charge < -0.3 is 10.2 Å². The Labute approximate surface area is 161 Å². The van der Waals surface area contributed by atoms with Crippen molar-refractivity contribution in [2.45, 2.75) is 38.3 Å². The first-order valence-corrected chi connectivity index (χ1v) is 8.78. The molecule has 1 aliphatic rings. The van der Waals surface area contributed by atoms with E-state index in [0.29, 0.717) is 23.4 Å². The molecule has 1 aliphatic carbocycles. The van der Waals surface area contributed by atoms with Gasteiger partial charge in [0.2, 0.25) is 5.95 Å². The number of halogens is 4. The van der Waals surface area contributed by atoms with Crippen LogP contribution in [-0.2, 0) is 4.79 Å². The predicted octanol–water partition coefficient (Wildman–Crippen LogP) is 4.42. The van der Waals surface area contributed by atoms with Crippen molar-refractivity contribution in [1.82, 2.24) is 10.2 Å². The first kappa shape index (κ1) is 21.0. The van der Waals surface area contributed by atoms with E-state index in [-0.39, 0.29) is 6.04 Å². The van der Waals surface area contributed by atoms with Crippen molar-refractivity contribution in [3.05, 3.63) is 53.0 Å². The van der Waals surface area contributed by atoms with Gasteiger partial charge in [-0.3, -0.25) is 10.2 Å². The largest absolute Gasteiger partial charge is 0.364 e. The van der Waals surface area contributed by atoms with Crippen LogP contribution in [0.5, 0.6) is 0 Å². The van der Waals surface area contributed by atoms with E-state index in [0.717, 1.165) is 5.56 Å². The fourth-order valence-electron chi connectivity index (χ4n) is 2.77. The number of nitrogens with zero attached hydrogens (tertiary/aromatic N) is 1. The molecule has 0 spiro atoms. The van der Waals surface area contributed by atoms with E-state index < -0.39 is 35.6 Å². The molecule has 0 saturated heterocycles. The summed E-state index contributed by atoms with van der Waals surface area (Å²) in [7, 11) is 1.17. The molecule has 1 amide bonds. The third-order valence-electron chi connectivity index (χ3n) is 4.45. The van der Waals surface area contributed by atoms with Crippen molar-refractivity contribution in [3.63, 3.8) is 0 Å². The van der Waals surface area contributed by atoms with Crippen LogP contribution < -0.4 is 5.32 Å². The van der Waals surface area contributed by atoms with Crippen LogP contribution in [0, 0.1) is 5.41 Å². The average molecular weight is 400 g/mol. The molecule has 1 aromatic rings. The van der Waals surface area contributed by atoms with Crippen molar-refractivity contribution < 1.29 is 18.0 Å². The maximum absolute atomic E-state index is 14.1. The van der Waals surface area contributed by atoms with E-state index in [2.05, 4.69) is 11.9 Å². The second kappa shape index (κ2) is 8.61. The molecule has 0 aliphatic heterocycles. The molecule has 1 atom stereocenters. The number of hydrogen-bond donors (Lipinski definition) is 2. The molecule has 2 rings (SSSR count). The van der Waals surface area contributed by atoms with Gasteiger partial charge in [0.25, 0.3) is 12.3 Å².